The Balaban J connectivity index is 2.26. The molecule has 2 atom stereocenters. The minimum atomic E-state index is -5.18. The van der Waals surface area contributed by atoms with E-state index in [2.05, 4.69) is 0 Å². The first-order valence-electron chi connectivity index (χ1n) is 13.0. The number of anilines is 1. The average Bonchev–Trinajstić information content (AvgIpc) is 2.87. The Bertz CT molecular complexity index is 1300. The lowest BCUT2D eigenvalue weighted by Gasteiger charge is -2.45. The number of halogens is 9. The van der Waals surface area contributed by atoms with Crippen LogP contribution in [0, 0.1) is 5.92 Å². The zero-order chi connectivity index (χ0) is 32.7. The number of hydrogen-bond donors (Lipinski definition) is 0. The van der Waals surface area contributed by atoms with Gasteiger partial charge < -0.3 is 9.47 Å². The van der Waals surface area contributed by atoms with Crippen molar-refractivity contribution >= 4 is 17.9 Å². The molecule has 0 aromatic heterocycles. The molecule has 238 valence electrons. The van der Waals surface area contributed by atoms with Crippen molar-refractivity contribution in [2.75, 3.05) is 12.0 Å². The van der Waals surface area contributed by atoms with Gasteiger partial charge in [-0.2, -0.15) is 39.5 Å². The van der Waals surface area contributed by atoms with E-state index in [1.807, 2.05) is 0 Å². The van der Waals surface area contributed by atoms with Gasteiger partial charge in [-0.1, -0.05) is 13.8 Å². The van der Waals surface area contributed by atoms with Gasteiger partial charge in [0.2, 0.25) is 0 Å². The fourth-order valence-corrected chi connectivity index (χ4v) is 4.94. The number of carbonyl (C=O) groups is 2. The van der Waals surface area contributed by atoms with Crippen molar-refractivity contribution in [1.29, 1.82) is 0 Å². The van der Waals surface area contributed by atoms with Gasteiger partial charge in [0.1, 0.15) is 0 Å². The molecule has 0 unspecified atom stereocenters. The fraction of sp³-hybridized carbons (Fsp3) is 0.500. The largest absolute Gasteiger partial charge is 0.453 e. The molecule has 0 fully saturated rings. The van der Waals surface area contributed by atoms with E-state index >= 15 is 0 Å². The van der Waals surface area contributed by atoms with E-state index < -0.39 is 77.7 Å². The first kappa shape index (κ1) is 33.8. The van der Waals surface area contributed by atoms with Crippen molar-refractivity contribution in [3.8, 4) is 0 Å². The summed E-state index contributed by atoms with van der Waals surface area (Å²) in [6.07, 6.45) is -18.2. The summed E-state index contributed by atoms with van der Waals surface area (Å²) in [4.78, 5) is 28.1. The number of rotatable bonds is 5. The highest BCUT2D eigenvalue weighted by atomic mass is 19.4. The van der Waals surface area contributed by atoms with Gasteiger partial charge in [0.15, 0.2) is 0 Å². The lowest BCUT2D eigenvalue weighted by Crippen LogP contribution is -2.51. The molecule has 6 nitrogen and oxygen atoms in total. The highest BCUT2D eigenvalue weighted by Crippen LogP contribution is 2.46. The van der Waals surface area contributed by atoms with Crippen LogP contribution >= 0.6 is 0 Å². The molecular weight excluding hydrogens is 599 g/mol. The Morgan fingerprint density at radius 3 is 1.84 bits per heavy atom. The van der Waals surface area contributed by atoms with Gasteiger partial charge in [0.05, 0.1) is 41.6 Å². The van der Waals surface area contributed by atoms with E-state index in [-0.39, 0.29) is 29.7 Å². The second-order valence-corrected chi connectivity index (χ2v) is 10.6. The highest BCUT2D eigenvalue weighted by molar-refractivity contribution is 5.91. The number of hydrogen-bond acceptors (Lipinski definition) is 4. The smallest absolute Gasteiger partial charge is 0.416 e. The highest BCUT2D eigenvalue weighted by Gasteiger charge is 2.44. The van der Waals surface area contributed by atoms with Crippen LogP contribution in [0.2, 0.25) is 0 Å². The first-order valence-corrected chi connectivity index (χ1v) is 13.0. The first-order chi connectivity index (χ1) is 19.6. The van der Waals surface area contributed by atoms with E-state index in [0.717, 1.165) is 29.0 Å². The van der Waals surface area contributed by atoms with Gasteiger partial charge in [-0.25, -0.2) is 9.59 Å². The van der Waals surface area contributed by atoms with Crippen molar-refractivity contribution in [1.82, 2.24) is 4.90 Å². The van der Waals surface area contributed by atoms with Crippen molar-refractivity contribution in [2.45, 2.75) is 77.4 Å². The molecule has 0 saturated carbocycles. The third-order valence-corrected chi connectivity index (χ3v) is 6.86. The maximum atomic E-state index is 13.8. The molecule has 1 aliphatic rings. The molecule has 15 heteroatoms. The molecule has 1 heterocycles. The molecule has 0 bridgehead atoms. The number of methoxy groups -OCH3 is 1. The number of nitrogens with zero attached hydrogens (tertiary/aromatic N) is 2. The molecule has 0 radical (unpaired) electrons. The van der Waals surface area contributed by atoms with Crippen LogP contribution in [-0.2, 0) is 34.5 Å². The summed E-state index contributed by atoms with van der Waals surface area (Å²) >= 11 is 0. The van der Waals surface area contributed by atoms with Crippen molar-refractivity contribution < 1.29 is 58.6 Å². The van der Waals surface area contributed by atoms with Crippen molar-refractivity contribution in [3.63, 3.8) is 0 Å². The molecule has 43 heavy (non-hydrogen) atoms. The third kappa shape index (κ3) is 7.66. The van der Waals surface area contributed by atoms with Gasteiger partial charge in [0, 0.05) is 12.6 Å². The zero-order valence-corrected chi connectivity index (χ0v) is 23.6. The van der Waals surface area contributed by atoms with Crippen LogP contribution in [0.25, 0.3) is 0 Å². The summed E-state index contributed by atoms with van der Waals surface area (Å²) < 4.78 is 133. The van der Waals surface area contributed by atoms with Gasteiger partial charge in [-0.15, -0.1) is 0 Å². The van der Waals surface area contributed by atoms with Crippen LogP contribution in [0.15, 0.2) is 36.4 Å². The summed E-state index contributed by atoms with van der Waals surface area (Å²) in [6.45, 7) is 5.62. The predicted molar refractivity (Wildman–Crippen MR) is 136 cm³/mol. The van der Waals surface area contributed by atoms with Crippen LogP contribution in [-0.4, -0.2) is 36.3 Å². The quantitative estimate of drug-likeness (QED) is 0.311. The molecule has 0 N–H and O–H groups in total. The number of alkyl halides is 9. The summed E-state index contributed by atoms with van der Waals surface area (Å²) in [7, 11) is 0.907. The average molecular weight is 629 g/mol. The number of ether oxygens (including phenoxy) is 2. The van der Waals surface area contributed by atoms with E-state index in [4.69, 9.17) is 9.47 Å². The Morgan fingerprint density at radius 1 is 0.860 bits per heavy atom. The summed E-state index contributed by atoms with van der Waals surface area (Å²) in [5.74, 6) is -0.387. The molecule has 0 saturated heterocycles. The monoisotopic (exact) mass is 628 g/mol. The van der Waals surface area contributed by atoms with E-state index in [0.29, 0.717) is 18.2 Å². The molecule has 1 aliphatic heterocycles. The zero-order valence-electron chi connectivity index (χ0n) is 23.6. The predicted octanol–water partition coefficient (Wildman–Crippen LogP) is 8.83. The summed E-state index contributed by atoms with van der Waals surface area (Å²) in [5.41, 5.74) is -5.30. The van der Waals surface area contributed by atoms with Crippen LogP contribution in [0.5, 0.6) is 0 Å². The number of carbonyl (C=O) groups excluding carboxylic acids is 2. The Kier molecular flexibility index (Phi) is 9.57. The minimum Gasteiger partial charge on any atom is -0.453 e. The molecule has 3 rings (SSSR count). The standard InChI is InChI=1S/C28H29F9N2O4/c1-14(2)22-12-23(20-11-17(26(29,30)31)6-7-21(20)39(22)25(41)43-15(3)4)38(24(40)42-5)13-16-8-18(27(32,33)34)10-19(9-16)28(35,36)37/h6-11,14-15,22-23H,12-13H2,1-5H3/t22-,23-/m1/s1. The van der Waals surface area contributed by atoms with Gasteiger partial charge in [-0.05, 0) is 73.7 Å². The van der Waals surface area contributed by atoms with E-state index in [1.54, 1.807) is 27.7 Å². The van der Waals surface area contributed by atoms with Gasteiger partial charge in [0.25, 0.3) is 0 Å². The van der Waals surface area contributed by atoms with Crippen molar-refractivity contribution in [3.05, 3.63) is 64.2 Å². The molecule has 2 aromatic carbocycles. The molecular formula is C28H29F9N2O4. The third-order valence-electron chi connectivity index (χ3n) is 6.86. The molecule has 2 amide bonds. The number of amides is 2. The number of benzene rings is 2. The van der Waals surface area contributed by atoms with Crippen molar-refractivity contribution in [2.24, 2.45) is 5.92 Å². The van der Waals surface area contributed by atoms with Gasteiger partial charge in [-0.3, -0.25) is 9.80 Å². The SMILES string of the molecule is COC(=O)N(Cc1cc(C(F)(F)F)cc(C(F)(F)F)c1)[C@@H]1C[C@H](C(C)C)N(C(=O)OC(C)C)c2ccc(C(F)(F)F)cc21. The lowest BCUT2D eigenvalue weighted by molar-refractivity contribution is -0.143. The lowest BCUT2D eigenvalue weighted by atomic mass is 9.84. The second-order valence-electron chi connectivity index (χ2n) is 10.6. The minimum absolute atomic E-state index is 0.0671. The van der Waals surface area contributed by atoms with E-state index in [1.165, 1.54) is 0 Å². The topological polar surface area (TPSA) is 59.1 Å². The second kappa shape index (κ2) is 12.2. The van der Waals surface area contributed by atoms with Crippen LogP contribution in [0.1, 0.15) is 68.0 Å². The fourth-order valence-electron chi connectivity index (χ4n) is 4.94. The van der Waals surface area contributed by atoms with Gasteiger partial charge >= 0.3 is 30.7 Å². The number of fused-ring (bicyclic) bond motifs is 1. The molecule has 0 spiro atoms. The van der Waals surface area contributed by atoms with Crippen LogP contribution in [0.4, 0.5) is 54.8 Å². The van der Waals surface area contributed by atoms with Crippen LogP contribution in [0.3, 0.4) is 0 Å². The maximum absolute atomic E-state index is 13.8. The van der Waals surface area contributed by atoms with Crippen LogP contribution < -0.4 is 4.90 Å². The molecule has 2 aromatic rings. The van der Waals surface area contributed by atoms with E-state index in [9.17, 15) is 49.1 Å². The molecule has 0 aliphatic carbocycles. The summed E-state index contributed by atoms with van der Waals surface area (Å²) in [5, 5.41) is 0. The Labute approximate surface area is 241 Å². The maximum Gasteiger partial charge on any atom is 0.416 e. The summed E-state index contributed by atoms with van der Waals surface area (Å²) in [6, 6.07) is 1.03. The Morgan fingerprint density at radius 2 is 1.40 bits per heavy atom. The Hall–Kier alpha value is -3.65. The normalized spacial score (nSPS) is 17.6.